The molecule has 3 N–H and O–H groups in total. The van der Waals surface area contributed by atoms with Gasteiger partial charge < -0.3 is 16.0 Å². The molecule has 2 aromatic carbocycles. The molecule has 0 spiro atoms. The van der Waals surface area contributed by atoms with E-state index < -0.39 is 5.54 Å². The third-order valence-corrected chi connectivity index (χ3v) is 5.15. The molecule has 0 saturated heterocycles. The first-order valence-electron chi connectivity index (χ1n) is 9.70. The summed E-state index contributed by atoms with van der Waals surface area (Å²) in [6.45, 7) is 0.856. The van der Waals surface area contributed by atoms with E-state index in [-0.39, 0.29) is 17.8 Å². The van der Waals surface area contributed by atoms with Crippen molar-refractivity contribution in [2.24, 2.45) is 0 Å². The van der Waals surface area contributed by atoms with E-state index in [9.17, 15) is 14.0 Å². The highest BCUT2D eigenvalue weighted by Crippen LogP contribution is 2.30. The minimum atomic E-state index is -0.858. The first-order chi connectivity index (χ1) is 13.6. The Balaban J connectivity index is 1.51. The minimum absolute atomic E-state index is 0.151. The first-order valence-corrected chi connectivity index (χ1v) is 9.70. The van der Waals surface area contributed by atoms with Crippen molar-refractivity contribution in [1.82, 2.24) is 16.0 Å². The third kappa shape index (κ3) is 5.31. The number of hydrogen-bond acceptors (Lipinski definition) is 2. The number of rotatable bonds is 7. The second-order valence-electron chi connectivity index (χ2n) is 7.21. The highest BCUT2D eigenvalue weighted by Gasteiger charge is 2.42. The Labute approximate surface area is 164 Å². The van der Waals surface area contributed by atoms with Crippen molar-refractivity contribution in [2.45, 2.75) is 44.2 Å². The van der Waals surface area contributed by atoms with E-state index in [1.807, 2.05) is 30.3 Å². The van der Waals surface area contributed by atoms with Gasteiger partial charge in [-0.2, -0.15) is 0 Å². The Hall–Kier alpha value is -2.89. The molecule has 1 fully saturated rings. The van der Waals surface area contributed by atoms with Gasteiger partial charge in [-0.1, -0.05) is 55.3 Å². The van der Waals surface area contributed by atoms with Gasteiger partial charge in [0.1, 0.15) is 11.4 Å². The molecule has 0 heterocycles. The van der Waals surface area contributed by atoms with Gasteiger partial charge in [-0.05, 0) is 42.5 Å². The summed E-state index contributed by atoms with van der Waals surface area (Å²) in [5, 5.41) is 8.67. The Morgan fingerprint density at radius 1 is 0.893 bits per heavy atom. The molecule has 2 aromatic rings. The summed E-state index contributed by atoms with van der Waals surface area (Å²) in [5.74, 6) is -0.426. The number of urea groups is 1. The third-order valence-electron chi connectivity index (χ3n) is 5.15. The SMILES string of the molecule is O=C(NCc1ccccc1)NC1(C(=O)NCCc2ccc(F)cc2)CCCC1. The zero-order chi connectivity index (χ0) is 19.8. The maximum atomic E-state index is 13.0. The molecule has 1 aliphatic carbocycles. The summed E-state index contributed by atoms with van der Waals surface area (Å²) in [6.07, 6.45) is 3.69. The van der Waals surface area contributed by atoms with Gasteiger partial charge in [-0.3, -0.25) is 4.79 Å². The van der Waals surface area contributed by atoms with Crippen LogP contribution in [-0.2, 0) is 17.8 Å². The molecule has 5 nitrogen and oxygen atoms in total. The number of hydrogen-bond donors (Lipinski definition) is 3. The van der Waals surface area contributed by atoms with Crippen molar-refractivity contribution in [1.29, 1.82) is 0 Å². The maximum Gasteiger partial charge on any atom is 0.315 e. The van der Waals surface area contributed by atoms with E-state index in [2.05, 4.69) is 16.0 Å². The van der Waals surface area contributed by atoms with Gasteiger partial charge in [-0.25, -0.2) is 9.18 Å². The molecule has 1 aliphatic rings. The van der Waals surface area contributed by atoms with Crippen LogP contribution in [0.15, 0.2) is 54.6 Å². The Kier molecular flexibility index (Phi) is 6.63. The van der Waals surface area contributed by atoms with E-state index in [0.29, 0.717) is 32.4 Å². The van der Waals surface area contributed by atoms with Gasteiger partial charge >= 0.3 is 6.03 Å². The van der Waals surface area contributed by atoms with Crippen molar-refractivity contribution in [2.75, 3.05) is 6.54 Å². The molecule has 0 radical (unpaired) electrons. The molecule has 0 unspecified atom stereocenters. The second-order valence-corrected chi connectivity index (χ2v) is 7.21. The molecule has 0 aromatic heterocycles. The predicted molar refractivity (Wildman–Crippen MR) is 106 cm³/mol. The smallest absolute Gasteiger partial charge is 0.315 e. The average Bonchev–Trinajstić information content (AvgIpc) is 3.18. The Morgan fingerprint density at radius 2 is 1.57 bits per heavy atom. The van der Waals surface area contributed by atoms with Crippen molar-refractivity contribution >= 4 is 11.9 Å². The molecule has 148 valence electrons. The van der Waals surface area contributed by atoms with Crippen LogP contribution < -0.4 is 16.0 Å². The normalized spacial score (nSPS) is 15.0. The zero-order valence-electron chi connectivity index (χ0n) is 15.8. The predicted octanol–water partition coefficient (Wildman–Crippen LogP) is 3.30. The van der Waals surface area contributed by atoms with Crippen molar-refractivity contribution in [3.63, 3.8) is 0 Å². The van der Waals surface area contributed by atoms with Gasteiger partial charge in [0.15, 0.2) is 0 Å². The van der Waals surface area contributed by atoms with E-state index in [4.69, 9.17) is 0 Å². The first kappa shape index (κ1) is 19.9. The minimum Gasteiger partial charge on any atom is -0.354 e. The Bertz CT molecular complexity index is 787. The molecule has 0 aliphatic heterocycles. The van der Waals surface area contributed by atoms with Crippen LogP contribution in [0, 0.1) is 5.82 Å². The van der Waals surface area contributed by atoms with Crippen LogP contribution in [0.25, 0.3) is 0 Å². The summed E-state index contributed by atoms with van der Waals surface area (Å²) in [5.41, 5.74) is 1.10. The highest BCUT2D eigenvalue weighted by atomic mass is 19.1. The molecule has 3 amide bonds. The molecule has 6 heteroatoms. The quantitative estimate of drug-likeness (QED) is 0.687. The standard InChI is InChI=1S/C22H26FN3O2/c23-19-10-8-17(9-11-19)12-15-24-20(27)22(13-4-5-14-22)26-21(28)25-16-18-6-2-1-3-7-18/h1-3,6-11H,4-5,12-16H2,(H,24,27)(H2,25,26,28). The van der Waals surface area contributed by atoms with Crippen molar-refractivity contribution in [3.05, 3.63) is 71.5 Å². The largest absolute Gasteiger partial charge is 0.354 e. The fourth-order valence-corrected chi connectivity index (χ4v) is 3.57. The van der Waals surface area contributed by atoms with Crippen LogP contribution in [0.3, 0.4) is 0 Å². The monoisotopic (exact) mass is 383 g/mol. The molecule has 3 rings (SSSR count). The van der Waals surface area contributed by atoms with Crippen LogP contribution in [0.5, 0.6) is 0 Å². The lowest BCUT2D eigenvalue weighted by atomic mass is 9.96. The van der Waals surface area contributed by atoms with E-state index in [1.165, 1.54) is 12.1 Å². The highest BCUT2D eigenvalue weighted by molar-refractivity contribution is 5.91. The summed E-state index contributed by atoms with van der Waals surface area (Å²) in [6, 6.07) is 15.5. The fraction of sp³-hybridized carbons (Fsp3) is 0.364. The van der Waals surface area contributed by atoms with E-state index in [0.717, 1.165) is 24.0 Å². The van der Waals surface area contributed by atoms with E-state index in [1.54, 1.807) is 12.1 Å². The molecule has 1 saturated carbocycles. The molecule has 28 heavy (non-hydrogen) atoms. The number of nitrogens with one attached hydrogen (secondary N) is 3. The van der Waals surface area contributed by atoms with Crippen LogP contribution in [0.1, 0.15) is 36.8 Å². The number of benzene rings is 2. The number of carbonyl (C=O) groups excluding carboxylic acids is 2. The van der Waals surface area contributed by atoms with Crippen molar-refractivity contribution in [3.8, 4) is 0 Å². The number of halogens is 1. The number of carbonyl (C=O) groups is 2. The van der Waals surface area contributed by atoms with Gasteiger partial charge in [0.25, 0.3) is 0 Å². The van der Waals surface area contributed by atoms with E-state index >= 15 is 0 Å². The second kappa shape index (κ2) is 9.35. The Morgan fingerprint density at radius 3 is 2.25 bits per heavy atom. The average molecular weight is 383 g/mol. The van der Waals surface area contributed by atoms with Gasteiger partial charge in [0.05, 0.1) is 0 Å². The molecule has 0 bridgehead atoms. The number of amides is 3. The summed E-state index contributed by atoms with van der Waals surface area (Å²) in [4.78, 5) is 25.2. The summed E-state index contributed by atoms with van der Waals surface area (Å²) >= 11 is 0. The van der Waals surface area contributed by atoms with Crippen LogP contribution in [0.4, 0.5) is 9.18 Å². The summed E-state index contributed by atoms with van der Waals surface area (Å²) < 4.78 is 13.0. The lowest BCUT2D eigenvalue weighted by Crippen LogP contribution is -2.59. The van der Waals surface area contributed by atoms with Gasteiger partial charge in [0.2, 0.25) is 5.91 Å². The van der Waals surface area contributed by atoms with Crippen LogP contribution >= 0.6 is 0 Å². The fourth-order valence-electron chi connectivity index (χ4n) is 3.57. The van der Waals surface area contributed by atoms with Crippen LogP contribution in [0.2, 0.25) is 0 Å². The molecular weight excluding hydrogens is 357 g/mol. The zero-order valence-corrected chi connectivity index (χ0v) is 15.8. The lowest BCUT2D eigenvalue weighted by Gasteiger charge is -2.29. The molecular formula is C22H26FN3O2. The maximum absolute atomic E-state index is 13.0. The summed E-state index contributed by atoms with van der Waals surface area (Å²) in [7, 11) is 0. The van der Waals surface area contributed by atoms with Gasteiger partial charge in [-0.15, -0.1) is 0 Å². The van der Waals surface area contributed by atoms with Crippen LogP contribution in [-0.4, -0.2) is 24.0 Å². The van der Waals surface area contributed by atoms with Gasteiger partial charge in [0, 0.05) is 13.1 Å². The lowest BCUT2D eigenvalue weighted by molar-refractivity contribution is -0.127. The topological polar surface area (TPSA) is 70.2 Å². The molecule has 0 atom stereocenters. The van der Waals surface area contributed by atoms with Crippen molar-refractivity contribution < 1.29 is 14.0 Å².